The van der Waals surface area contributed by atoms with Gasteiger partial charge < -0.3 is 41.2 Å². The number of aliphatic hydroxyl groups is 2. The van der Waals surface area contributed by atoms with E-state index in [4.69, 9.17) is 20.2 Å². The van der Waals surface area contributed by atoms with Crippen LogP contribution >= 0.6 is 0 Å². The molecule has 0 aromatic heterocycles. The molecule has 4 aliphatic rings. The molecular formula is C38H58N4O6. The number of rotatable bonds is 6. The van der Waals surface area contributed by atoms with E-state index in [2.05, 4.69) is 29.4 Å². The van der Waals surface area contributed by atoms with Gasteiger partial charge in [-0.25, -0.2) is 0 Å². The number of benzene rings is 1. The number of ether oxygens (including phenoxy) is 2. The van der Waals surface area contributed by atoms with Crippen LogP contribution in [-0.2, 0) is 22.6 Å². The number of hydrogen-bond acceptors (Lipinski definition) is 8. The summed E-state index contributed by atoms with van der Waals surface area (Å²) >= 11 is 0. The summed E-state index contributed by atoms with van der Waals surface area (Å²) in [6.07, 6.45) is 11.6. The van der Waals surface area contributed by atoms with Crippen LogP contribution in [0.25, 0.3) is 0 Å². The fourth-order valence-electron chi connectivity index (χ4n) is 8.22. The highest BCUT2D eigenvalue weighted by Gasteiger charge is 2.37. The fourth-order valence-corrected chi connectivity index (χ4v) is 8.22. The maximum Gasteiger partial charge on any atom is 0.302 e. The minimum atomic E-state index is -0.702. The number of carbonyl (C=O) groups is 1. The number of phenolic OH excluding ortho intramolecular Hbond substituents is 1. The number of nitrogens with one attached hydrogen (secondary N) is 2. The van der Waals surface area contributed by atoms with Crippen LogP contribution in [0.1, 0.15) is 115 Å². The molecule has 48 heavy (non-hydrogen) atoms. The van der Waals surface area contributed by atoms with Crippen molar-refractivity contribution in [2.45, 2.75) is 147 Å². The van der Waals surface area contributed by atoms with E-state index in [1.807, 2.05) is 6.07 Å². The van der Waals surface area contributed by atoms with Crippen LogP contribution in [-0.4, -0.2) is 70.7 Å². The molecule has 2 aliphatic heterocycles. The number of phenols is 1. The third-order valence-corrected chi connectivity index (χ3v) is 11.2. The molecule has 10 heteroatoms. The molecular weight excluding hydrogens is 608 g/mol. The molecule has 0 radical (unpaired) electrons. The third-order valence-electron chi connectivity index (χ3n) is 11.2. The number of aliphatic imine (C=N–C) groups is 1. The number of nitrogens with two attached hydrogens (primary N) is 1. The van der Waals surface area contributed by atoms with Gasteiger partial charge in [0.2, 0.25) is 0 Å². The normalized spacial score (nSPS) is 32.0. The molecule has 0 amide bonds. The topological polar surface area (TPSA) is 159 Å². The second kappa shape index (κ2) is 17.1. The maximum absolute atomic E-state index is 12.5. The zero-order valence-electron chi connectivity index (χ0n) is 29.0. The smallest absolute Gasteiger partial charge is 0.302 e. The van der Waals surface area contributed by atoms with E-state index in [-0.39, 0.29) is 36.3 Å². The van der Waals surface area contributed by atoms with Crippen molar-refractivity contribution in [3.63, 3.8) is 0 Å². The van der Waals surface area contributed by atoms with E-state index < -0.39 is 23.6 Å². The van der Waals surface area contributed by atoms with Crippen molar-refractivity contribution in [2.24, 2.45) is 28.0 Å². The lowest BCUT2D eigenvalue weighted by Gasteiger charge is -2.35. The van der Waals surface area contributed by atoms with Crippen LogP contribution in [0.3, 0.4) is 0 Å². The highest BCUT2D eigenvalue weighted by molar-refractivity contribution is 5.78. The molecule has 7 atom stereocenters. The summed E-state index contributed by atoms with van der Waals surface area (Å²) in [5, 5.41) is 39.8. The average Bonchev–Trinajstić information content (AvgIpc) is 3.07. The number of hydrogen-bond donors (Lipinski definition) is 6. The summed E-state index contributed by atoms with van der Waals surface area (Å²) in [6.45, 7) is 4.58. The van der Waals surface area contributed by atoms with Gasteiger partial charge in [0.1, 0.15) is 12.2 Å². The Morgan fingerprint density at radius 1 is 1.15 bits per heavy atom. The van der Waals surface area contributed by atoms with Crippen LogP contribution in [0, 0.1) is 29.1 Å². The molecule has 1 aromatic rings. The van der Waals surface area contributed by atoms with Crippen LogP contribution in [0.15, 0.2) is 17.1 Å². The predicted molar refractivity (Wildman–Crippen MR) is 186 cm³/mol. The number of fused-ring (bicyclic) bond motifs is 5. The number of nitrogens with zero attached hydrogens (tertiary/aromatic N) is 1. The number of aromatic hydroxyl groups is 1. The van der Waals surface area contributed by atoms with Crippen LogP contribution in [0.4, 0.5) is 0 Å². The minimum Gasteiger partial charge on any atom is -0.504 e. The van der Waals surface area contributed by atoms with E-state index in [0.717, 1.165) is 63.5 Å². The van der Waals surface area contributed by atoms with Gasteiger partial charge in [-0.3, -0.25) is 9.79 Å². The Bertz CT molecular complexity index is 1320. The Morgan fingerprint density at radius 3 is 2.71 bits per heavy atom. The van der Waals surface area contributed by atoms with Crippen molar-refractivity contribution in [2.75, 3.05) is 13.1 Å². The van der Waals surface area contributed by atoms with Gasteiger partial charge in [0, 0.05) is 37.3 Å². The number of guanidine groups is 1. The Kier molecular flexibility index (Phi) is 12.9. The van der Waals surface area contributed by atoms with Gasteiger partial charge in [-0.1, -0.05) is 44.4 Å². The molecule has 266 valence electrons. The van der Waals surface area contributed by atoms with Crippen LogP contribution < -0.4 is 21.1 Å². The summed E-state index contributed by atoms with van der Waals surface area (Å²) in [7, 11) is 0. The van der Waals surface area contributed by atoms with Crippen LogP contribution in [0.5, 0.6) is 11.5 Å². The molecule has 7 unspecified atom stereocenters. The molecule has 0 spiro atoms. The van der Waals surface area contributed by atoms with Gasteiger partial charge in [0.05, 0.1) is 24.7 Å². The molecule has 4 bridgehead atoms. The van der Waals surface area contributed by atoms with Crippen LogP contribution in [0.2, 0.25) is 0 Å². The van der Waals surface area contributed by atoms with Crippen molar-refractivity contribution < 1.29 is 29.6 Å². The lowest BCUT2D eigenvalue weighted by Crippen LogP contribution is -2.42. The second-order valence-electron chi connectivity index (χ2n) is 14.7. The summed E-state index contributed by atoms with van der Waals surface area (Å²) in [4.78, 5) is 17.3. The van der Waals surface area contributed by atoms with Crippen molar-refractivity contribution in [3.05, 3.63) is 23.3 Å². The first-order valence-corrected chi connectivity index (χ1v) is 18.5. The highest BCUT2D eigenvalue weighted by Crippen LogP contribution is 2.39. The zero-order chi connectivity index (χ0) is 34.1. The molecule has 5 rings (SSSR count). The molecule has 1 aromatic carbocycles. The predicted octanol–water partition coefficient (Wildman–Crippen LogP) is 4.46. The first-order valence-electron chi connectivity index (χ1n) is 18.5. The second-order valence-corrected chi connectivity index (χ2v) is 14.7. The number of esters is 1. The quantitative estimate of drug-likeness (QED) is 0.112. The fraction of sp³-hybridized carbons (Fsp3) is 0.737. The third kappa shape index (κ3) is 9.79. The van der Waals surface area contributed by atoms with Crippen molar-refractivity contribution in [1.29, 1.82) is 0 Å². The zero-order valence-corrected chi connectivity index (χ0v) is 29.0. The summed E-state index contributed by atoms with van der Waals surface area (Å²) < 4.78 is 12.4. The first-order chi connectivity index (χ1) is 23.2. The van der Waals surface area contributed by atoms with Crippen molar-refractivity contribution >= 4 is 11.9 Å². The van der Waals surface area contributed by atoms with E-state index in [1.54, 1.807) is 6.07 Å². The van der Waals surface area contributed by atoms with E-state index in [0.29, 0.717) is 55.5 Å². The van der Waals surface area contributed by atoms with Gasteiger partial charge in [-0.05, 0) is 94.0 Å². The molecule has 1 saturated carbocycles. The van der Waals surface area contributed by atoms with E-state index in [9.17, 15) is 20.1 Å². The number of carbonyl (C=O) groups excluding carboxylic acids is 1. The molecule has 1 saturated heterocycles. The largest absolute Gasteiger partial charge is 0.504 e. The average molecular weight is 667 g/mol. The summed E-state index contributed by atoms with van der Waals surface area (Å²) in [5.74, 6) is 7.47. The lowest BCUT2D eigenvalue weighted by molar-refractivity contribution is -0.152. The van der Waals surface area contributed by atoms with Crippen molar-refractivity contribution in [3.8, 4) is 23.3 Å². The highest BCUT2D eigenvalue weighted by atomic mass is 16.5. The molecule has 10 nitrogen and oxygen atoms in total. The van der Waals surface area contributed by atoms with Gasteiger partial charge in [0.15, 0.2) is 17.5 Å². The molecule has 7 N–H and O–H groups in total. The van der Waals surface area contributed by atoms with Crippen molar-refractivity contribution in [1.82, 2.24) is 10.6 Å². The molecule has 2 aliphatic carbocycles. The Hall–Kier alpha value is -3.00. The first kappa shape index (κ1) is 36.3. The lowest BCUT2D eigenvalue weighted by atomic mass is 9.73. The molecule has 2 fully saturated rings. The number of aliphatic hydroxyl groups excluding tert-OH is 2. The van der Waals surface area contributed by atoms with E-state index >= 15 is 0 Å². The number of piperidine rings is 1. The van der Waals surface area contributed by atoms with Gasteiger partial charge in [-0.2, -0.15) is 0 Å². The summed E-state index contributed by atoms with van der Waals surface area (Å²) in [6, 6.07) is 4.07. The minimum absolute atomic E-state index is 0.00698. The van der Waals surface area contributed by atoms with Gasteiger partial charge >= 0.3 is 5.97 Å². The maximum atomic E-state index is 12.5. The standard InChI is InChI=1S/C38H58N4O6/c1-3-38(24-41-37(39)42-29-9-5-4-6-10-29)15-12-26-8-7-11-30-21-32(14-17-40-30)48-36-20-27(28(23-43)19-34(36)46)18-33(26)35(47-25(2)44)22-31(45)13-16-38/h19-20,26,29-33,35,40,43,45-46H,3-11,13-14,16-18,21-24H2,1-2H3,(H3,39,41,42). The van der Waals surface area contributed by atoms with Gasteiger partial charge in [-0.15, -0.1) is 0 Å². The monoisotopic (exact) mass is 666 g/mol. The van der Waals surface area contributed by atoms with E-state index in [1.165, 1.54) is 26.2 Å². The van der Waals surface area contributed by atoms with Gasteiger partial charge in [0.25, 0.3) is 0 Å². The molecule has 2 heterocycles. The Morgan fingerprint density at radius 2 is 1.96 bits per heavy atom. The summed E-state index contributed by atoms with van der Waals surface area (Å²) in [5.41, 5.74) is 7.37. The Labute approximate surface area is 286 Å². The Balaban J connectivity index is 1.53. The SMILES string of the molecule is CCC1(CN=C(N)NC2CCCCC2)C#CC2CCCC3CC(CCN3)Oc3cc(c(CO)cc3O)CC2C(OC(C)=O)CC(O)CC1.